The quantitative estimate of drug-likeness (QED) is 0.875. The second kappa shape index (κ2) is 8.79. The van der Waals surface area contributed by atoms with Crippen molar-refractivity contribution in [2.75, 3.05) is 26.3 Å². The van der Waals surface area contributed by atoms with Crippen molar-refractivity contribution < 1.29 is 13.9 Å². The van der Waals surface area contributed by atoms with E-state index in [9.17, 15) is 9.18 Å². The molecule has 2 N–H and O–H groups in total. The van der Waals surface area contributed by atoms with Gasteiger partial charge in [-0.2, -0.15) is 0 Å². The fourth-order valence-electron chi connectivity index (χ4n) is 3.55. The molecule has 0 bridgehead atoms. The molecule has 3 rings (SSSR count). The molecule has 134 valence electrons. The fourth-order valence-corrected chi connectivity index (χ4v) is 3.55. The molecule has 2 saturated heterocycles. The lowest BCUT2D eigenvalue weighted by Gasteiger charge is -2.25. The average Bonchev–Trinajstić information content (AvgIpc) is 2.56. The monoisotopic (exact) mass is 356 g/mol. The number of carbonyl (C=O) groups is 1. The summed E-state index contributed by atoms with van der Waals surface area (Å²) in [6, 6.07) is 3.62. The van der Waals surface area contributed by atoms with Crippen LogP contribution >= 0.6 is 12.4 Å². The summed E-state index contributed by atoms with van der Waals surface area (Å²) < 4.78 is 19.9. The lowest BCUT2D eigenvalue weighted by molar-refractivity contribution is 0.0694. The smallest absolute Gasteiger partial charge is 0.254 e. The van der Waals surface area contributed by atoms with Crippen molar-refractivity contribution in [3.63, 3.8) is 0 Å². The van der Waals surface area contributed by atoms with Gasteiger partial charge < -0.3 is 15.4 Å². The molecule has 2 aliphatic rings. The number of aryl methyl sites for hydroxylation is 1. The van der Waals surface area contributed by atoms with E-state index >= 15 is 0 Å². The number of carbonyl (C=O) groups excluding carboxylic acids is 1. The van der Waals surface area contributed by atoms with Gasteiger partial charge in [0.25, 0.3) is 5.91 Å². The van der Waals surface area contributed by atoms with E-state index in [0.717, 1.165) is 49.9 Å². The summed E-state index contributed by atoms with van der Waals surface area (Å²) in [7, 11) is 0. The van der Waals surface area contributed by atoms with E-state index in [1.807, 2.05) is 13.0 Å². The van der Waals surface area contributed by atoms with Crippen LogP contribution in [0.2, 0.25) is 0 Å². The first-order chi connectivity index (χ1) is 11.1. The highest BCUT2D eigenvalue weighted by Crippen LogP contribution is 2.28. The maximum Gasteiger partial charge on any atom is 0.254 e. The standard InChI is InChI=1S/C18H25FN2O2.ClH/c1-12-10-14(13-2-6-20-7-3-13)11-16(19)17(12)18(22)21-15-4-8-23-9-5-15;/h10-11,13,15,20H,2-9H2,1H3,(H,21,22);1H. The molecule has 6 heteroatoms. The van der Waals surface area contributed by atoms with Crippen LogP contribution in [0.1, 0.15) is 53.1 Å². The van der Waals surface area contributed by atoms with E-state index in [1.54, 1.807) is 6.07 Å². The fraction of sp³-hybridized carbons (Fsp3) is 0.611. The van der Waals surface area contributed by atoms with Gasteiger partial charge in [-0.15, -0.1) is 12.4 Å². The Morgan fingerprint density at radius 3 is 2.50 bits per heavy atom. The minimum Gasteiger partial charge on any atom is -0.381 e. The van der Waals surface area contributed by atoms with Crippen LogP contribution in [0.3, 0.4) is 0 Å². The number of benzene rings is 1. The summed E-state index contributed by atoms with van der Waals surface area (Å²) in [5.74, 6) is -0.316. The molecule has 0 spiro atoms. The van der Waals surface area contributed by atoms with Crippen LogP contribution in [0.5, 0.6) is 0 Å². The van der Waals surface area contributed by atoms with Gasteiger partial charge in [0.1, 0.15) is 5.82 Å². The Morgan fingerprint density at radius 2 is 1.88 bits per heavy atom. The molecule has 0 radical (unpaired) electrons. The Morgan fingerprint density at radius 1 is 1.21 bits per heavy atom. The Labute approximate surface area is 148 Å². The highest BCUT2D eigenvalue weighted by Gasteiger charge is 2.23. The average molecular weight is 357 g/mol. The highest BCUT2D eigenvalue weighted by molar-refractivity contribution is 5.96. The number of hydrogen-bond donors (Lipinski definition) is 2. The SMILES string of the molecule is Cc1cc(C2CCNCC2)cc(F)c1C(=O)NC1CCOCC1.Cl. The lowest BCUT2D eigenvalue weighted by atomic mass is 9.88. The molecule has 1 aromatic rings. The third-order valence-corrected chi connectivity index (χ3v) is 4.90. The van der Waals surface area contributed by atoms with E-state index in [-0.39, 0.29) is 29.9 Å². The molecule has 0 aliphatic carbocycles. The van der Waals surface area contributed by atoms with Crippen molar-refractivity contribution in [2.45, 2.75) is 44.6 Å². The molecule has 0 unspecified atom stereocenters. The second-order valence-electron chi connectivity index (χ2n) is 6.58. The number of amides is 1. The summed E-state index contributed by atoms with van der Waals surface area (Å²) in [5, 5.41) is 6.27. The van der Waals surface area contributed by atoms with Crippen LogP contribution < -0.4 is 10.6 Å². The van der Waals surface area contributed by atoms with Gasteiger partial charge in [0.2, 0.25) is 0 Å². The molecule has 2 fully saturated rings. The van der Waals surface area contributed by atoms with Crippen LogP contribution in [0.25, 0.3) is 0 Å². The number of piperidine rings is 1. The summed E-state index contributed by atoms with van der Waals surface area (Å²) in [4.78, 5) is 12.4. The van der Waals surface area contributed by atoms with Gasteiger partial charge in [0, 0.05) is 19.3 Å². The Bertz CT molecular complexity index is 547. The molecule has 0 atom stereocenters. The van der Waals surface area contributed by atoms with Crippen molar-refractivity contribution in [1.29, 1.82) is 0 Å². The van der Waals surface area contributed by atoms with Gasteiger partial charge >= 0.3 is 0 Å². The van der Waals surface area contributed by atoms with Crippen molar-refractivity contribution in [3.8, 4) is 0 Å². The molecular weight excluding hydrogens is 331 g/mol. The van der Waals surface area contributed by atoms with E-state index < -0.39 is 5.82 Å². The first kappa shape index (κ1) is 19.2. The maximum atomic E-state index is 14.6. The van der Waals surface area contributed by atoms with Gasteiger partial charge in [-0.25, -0.2) is 4.39 Å². The number of halogens is 2. The summed E-state index contributed by atoms with van der Waals surface area (Å²) in [6.45, 7) is 5.07. The van der Waals surface area contributed by atoms with Crippen molar-refractivity contribution in [1.82, 2.24) is 10.6 Å². The topological polar surface area (TPSA) is 50.4 Å². The normalized spacial score (nSPS) is 19.6. The molecule has 2 aliphatic heterocycles. The Balaban J connectivity index is 0.00000208. The van der Waals surface area contributed by atoms with Crippen molar-refractivity contribution in [3.05, 3.63) is 34.6 Å². The maximum absolute atomic E-state index is 14.6. The first-order valence-electron chi connectivity index (χ1n) is 8.54. The van der Waals surface area contributed by atoms with Gasteiger partial charge in [-0.05, 0) is 68.8 Å². The third kappa shape index (κ3) is 4.47. The summed E-state index contributed by atoms with van der Waals surface area (Å²) >= 11 is 0. The van der Waals surface area contributed by atoms with E-state index in [4.69, 9.17) is 4.74 Å². The summed E-state index contributed by atoms with van der Waals surface area (Å²) in [6.07, 6.45) is 3.62. The molecule has 24 heavy (non-hydrogen) atoms. The molecular formula is C18H26ClFN2O2. The van der Waals surface area contributed by atoms with Gasteiger partial charge in [0.05, 0.1) is 5.56 Å². The molecule has 2 heterocycles. The zero-order chi connectivity index (χ0) is 16.2. The zero-order valence-electron chi connectivity index (χ0n) is 14.1. The van der Waals surface area contributed by atoms with Crippen LogP contribution in [0.4, 0.5) is 4.39 Å². The van der Waals surface area contributed by atoms with Crippen molar-refractivity contribution >= 4 is 18.3 Å². The van der Waals surface area contributed by atoms with Crippen LogP contribution in [-0.2, 0) is 4.74 Å². The number of hydrogen-bond acceptors (Lipinski definition) is 3. The van der Waals surface area contributed by atoms with Crippen LogP contribution in [0, 0.1) is 12.7 Å². The molecule has 4 nitrogen and oxygen atoms in total. The predicted molar refractivity (Wildman–Crippen MR) is 94.5 cm³/mol. The first-order valence-corrected chi connectivity index (χ1v) is 8.54. The number of ether oxygens (including phenoxy) is 1. The van der Waals surface area contributed by atoms with Crippen LogP contribution in [-0.4, -0.2) is 38.3 Å². The Hall–Kier alpha value is -1.17. The zero-order valence-corrected chi connectivity index (χ0v) is 14.9. The van der Waals surface area contributed by atoms with Crippen molar-refractivity contribution in [2.24, 2.45) is 0 Å². The minimum absolute atomic E-state index is 0. The molecule has 0 saturated carbocycles. The number of nitrogens with one attached hydrogen (secondary N) is 2. The van der Waals surface area contributed by atoms with Gasteiger partial charge in [-0.1, -0.05) is 6.07 Å². The lowest BCUT2D eigenvalue weighted by Crippen LogP contribution is -2.39. The van der Waals surface area contributed by atoms with Crippen LogP contribution in [0.15, 0.2) is 12.1 Å². The second-order valence-corrected chi connectivity index (χ2v) is 6.58. The number of rotatable bonds is 3. The van der Waals surface area contributed by atoms with E-state index in [2.05, 4.69) is 10.6 Å². The molecule has 1 amide bonds. The highest BCUT2D eigenvalue weighted by atomic mass is 35.5. The van der Waals surface area contributed by atoms with E-state index in [0.29, 0.717) is 19.1 Å². The molecule has 0 aromatic heterocycles. The minimum atomic E-state index is -0.400. The molecule has 1 aromatic carbocycles. The largest absolute Gasteiger partial charge is 0.381 e. The van der Waals surface area contributed by atoms with Gasteiger partial charge in [0.15, 0.2) is 0 Å². The predicted octanol–water partition coefficient (Wildman–Crippen LogP) is 2.93. The third-order valence-electron chi connectivity index (χ3n) is 4.90. The van der Waals surface area contributed by atoms with Gasteiger partial charge in [-0.3, -0.25) is 4.79 Å². The Kier molecular flexibility index (Phi) is 7.02. The summed E-state index contributed by atoms with van der Waals surface area (Å²) in [5.41, 5.74) is 1.93. The van der Waals surface area contributed by atoms with E-state index in [1.165, 1.54) is 0 Å².